The molecule has 1 aromatic rings. The Morgan fingerprint density at radius 1 is 1.40 bits per heavy atom. The van der Waals surface area contributed by atoms with Gasteiger partial charge in [-0.25, -0.2) is 4.98 Å². The molecule has 1 saturated heterocycles. The molecule has 110 valence electrons. The molecular formula is C15H23N3O2. The summed E-state index contributed by atoms with van der Waals surface area (Å²) in [6, 6.07) is 5.10. The van der Waals surface area contributed by atoms with E-state index in [4.69, 9.17) is 5.73 Å². The van der Waals surface area contributed by atoms with Crippen molar-refractivity contribution in [1.82, 2.24) is 9.88 Å². The summed E-state index contributed by atoms with van der Waals surface area (Å²) < 4.78 is 0. The van der Waals surface area contributed by atoms with Crippen LogP contribution in [-0.4, -0.2) is 40.1 Å². The molecule has 1 fully saturated rings. The van der Waals surface area contributed by atoms with Crippen LogP contribution in [0, 0.1) is 11.8 Å². The highest BCUT2D eigenvalue weighted by Gasteiger charge is 2.29. The first-order chi connectivity index (χ1) is 9.49. The van der Waals surface area contributed by atoms with Crippen molar-refractivity contribution in [1.29, 1.82) is 0 Å². The Balaban J connectivity index is 1.95. The van der Waals surface area contributed by atoms with E-state index < -0.39 is 0 Å². The zero-order valence-corrected chi connectivity index (χ0v) is 12.1. The zero-order chi connectivity index (χ0) is 14.7. The van der Waals surface area contributed by atoms with Crippen LogP contribution in [-0.2, 0) is 0 Å². The molecule has 1 aliphatic heterocycles. The van der Waals surface area contributed by atoms with Crippen LogP contribution >= 0.6 is 0 Å². The second-order valence-electron chi connectivity index (χ2n) is 5.81. The summed E-state index contributed by atoms with van der Waals surface area (Å²) in [5.41, 5.74) is 6.00. The number of carbonyl (C=O) groups excluding carboxylic acids is 1. The van der Waals surface area contributed by atoms with Gasteiger partial charge < -0.3 is 15.7 Å². The highest BCUT2D eigenvalue weighted by atomic mass is 16.3. The van der Waals surface area contributed by atoms with Crippen LogP contribution in [0.25, 0.3) is 0 Å². The molecule has 0 aliphatic carbocycles. The molecule has 1 aromatic heterocycles. The van der Waals surface area contributed by atoms with Gasteiger partial charge in [-0.3, -0.25) is 4.79 Å². The third-order valence-electron chi connectivity index (χ3n) is 3.98. The van der Waals surface area contributed by atoms with Gasteiger partial charge in [0, 0.05) is 13.1 Å². The lowest BCUT2D eigenvalue weighted by Gasteiger charge is -2.35. The van der Waals surface area contributed by atoms with Crippen molar-refractivity contribution in [2.24, 2.45) is 11.8 Å². The first-order valence-corrected chi connectivity index (χ1v) is 7.19. The van der Waals surface area contributed by atoms with Crippen molar-refractivity contribution in [2.75, 3.05) is 18.8 Å². The van der Waals surface area contributed by atoms with Gasteiger partial charge in [-0.2, -0.15) is 0 Å². The van der Waals surface area contributed by atoms with Crippen molar-refractivity contribution in [2.45, 2.75) is 32.8 Å². The summed E-state index contributed by atoms with van der Waals surface area (Å²) >= 11 is 0. The van der Waals surface area contributed by atoms with Crippen LogP contribution in [0.3, 0.4) is 0 Å². The molecule has 1 aliphatic rings. The number of piperidine rings is 1. The summed E-state index contributed by atoms with van der Waals surface area (Å²) in [6.45, 7) is 5.39. The maximum atomic E-state index is 12.3. The van der Waals surface area contributed by atoms with E-state index in [1.165, 1.54) is 0 Å². The van der Waals surface area contributed by atoms with Gasteiger partial charge in [-0.15, -0.1) is 0 Å². The van der Waals surface area contributed by atoms with Gasteiger partial charge in [0.15, 0.2) is 0 Å². The number of aliphatic hydroxyl groups is 1. The summed E-state index contributed by atoms with van der Waals surface area (Å²) in [4.78, 5) is 18.2. The number of aromatic nitrogens is 1. The summed E-state index contributed by atoms with van der Waals surface area (Å²) in [5.74, 6) is 0.835. The Morgan fingerprint density at radius 2 is 2.05 bits per heavy atom. The van der Waals surface area contributed by atoms with Crippen molar-refractivity contribution in [3.8, 4) is 0 Å². The Labute approximate surface area is 119 Å². The highest BCUT2D eigenvalue weighted by molar-refractivity contribution is 5.92. The summed E-state index contributed by atoms with van der Waals surface area (Å²) in [5, 5.41) is 10.1. The second kappa shape index (κ2) is 6.22. The largest absolute Gasteiger partial charge is 0.393 e. The van der Waals surface area contributed by atoms with E-state index in [1.54, 1.807) is 23.1 Å². The fourth-order valence-corrected chi connectivity index (χ4v) is 2.72. The first kappa shape index (κ1) is 14.8. The number of rotatable bonds is 3. The van der Waals surface area contributed by atoms with Crippen LogP contribution in [0.2, 0.25) is 0 Å². The average molecular weight is 277 g/mol. The molecule has 20 heavy (non-hydrogen) atoms. The number of hydrogen-bond acceptors (Lipinski definition) is 4. The summed E-state index contributed by atoms with van der Waals surface area (Å²) in [6.07, 6.45) is 1.40. The quantitative estimate of drug-likeness (QED) is 0.878. The maximum Gasteiger partial charge on any atom is 0.272 e. The van der Waals surface area contributed by atoms with Crippen LogP contribution in [0.4, 0.5) is 5.82 Å². The van der Waals surface area contributed by atoms with Gasteiger partial charge in [0.2, 0.25) is 0 Å². The van der Waals surface area contributed by atoms with E-state index in [0.29, 0.717) is 24.6 Å². The molecule has 1 amide bonds. The fraction of sp³-hybridized carbons (Fsp3) is 0.600. The molecule has 0 bridgehead atoms. The number of nitrogens with two attached hydrogens (primary N) is 1. The third kappa shape index (κ3) is 3.28. The van der Waals surface area contributed by atoms with Crippen molar-refractivity contribution < 1.29 is 9.90 Å². The zero-order valence-electron chi connectivity index (χ0n) is 12.1. The molecule has 0 spiro atoms. The molecule has 0 saturated carbocycles. The van der Waals surface area contributed by atoms with Gasteiger partial charge in [0.05, 0.1) is 6.10 Å². The predicted molar refractivity (Wildman–Crippen MR) is 78.1 cm³/mol. The number of nitrogens with zero attached hydrogens (tertiary/aromatic N) is 2. The van der Waals surface area contributed by atoms with Gasteiger partial charge in [-0.05, 0) is 36.8 Å². The molecule has 5 heteroatoms. The van der Waals surface area contributed by atoms with Gasteiger partial charge in [-0.1, -0.05) is 19.9 Å². The molecule has 0 aromatic carbocycles. The minimum atomic E-state index is -0.280. The van der Waals surface area contributed by atoms with Crippen molar-refractivity contribution in [3.05, 3.63) is 23.9 Å². The van der Waals surface area contributed by atoms with Crippen LogP contribution in [0.15, 0.2) is 18.2 Å². The Bertz CT molecular complexity index is 468. The van der Waals surface area contributed by atoms with Crippen LogP contribution in [0.5, 0.6) is 0 Å². The third-order valence-corrected chi connectivity index (χ3v) is 3.98. The van der Waals surface area contributed by atoms with E-state index in [1.807, 2.05) is 13.8 Å². The fourth-order valence-electron chi connectivity index (χ4n) is 2.72. The van der Waals surface area contributed by atoms with Crippen molar-refractivity contribution >= 4 is 11.7 Å². The van der Waals surface area contributed by atoms with Crippen LogP contribution < -0.4 is 5.73 Å². The lowest BCUT2D eigenvalue weighted by atomic mass is 9.85. The molecule has 0 radical (unpaired) electrons. The lowest BCUT2D eigenvalue weighted by molar-refractivity contribution is 0.0260. The van der Waals surface area contributed by atoms with Gasteiger partial charge >= 0.3 is 0 Å². The van der Waals surface area contributed by atoms with Crippen molar-refractivity contribution in [3.63, 3.8) is 0 Å². The molecular weight excluding hydrogens is 254 g/mol. The van der Waals surface area contributed by atoms with E-state index >= 15 is 0 Å². The normalized spacial score (nSPS) is 18.3. The number of likely N-dealkylation sites (tertiary alicyclic amines) is 1. The van der Waals surface area contributed by atoms with E-state index in [2.05, 4.69) is 4.98 Å². The van der Waals surface area contributed by atoms with Crippen LogP contribution in [0.1, 0.15) is 37.2 Å². The molecule has 3 N–H and O–H groups in total. The molecule has 2 heterocycles. The Morgan fingerprint density at radius 3 is 2.60 bits per heavy atom. The second-order valence-corrected chi connectivity index (χ2v) is 5.81. The Kier molecular flexibility index (Phi) is 4.60. The smallest absolute Gasteiger partial charge is 0.272 e. The highest BCUT2D eigenvalue weighted by Crippen LogP contribution is 2.25. The number of aliphatic hydroxyl groups excluding tert-OH is 1. The number of hydrogen-bond donors (Lipinski definition) is 2. The summed E-state index contributed by atoms with van der Waals surface area (Å²) in [7, 11) is 0. The number of amides is 1. The standard InChI is InChI=1S/C15H23N3O2/c1-10(2)14(19)11-6-8-18(9-7-11)15(20)12-4-3-5-13(16)17-12/h3-5,10-11,14,19H,6-9H2,1-2H3,(H2,16,17)/t14-/m0/s1. The average Bonchev–Trinajstić information content (AvgIpc) is 2.46. The lowest BCUT2D eigenvalue weighted by Crippen LogP contribution is -2.42. The number of pyridine rings is 1. The molecule has 2 rings (SSSR count). The minimum absolute atomic E-state index is 0.0743. The molecule has 1 atom stereocenters. The number of anilines is 1. The number of nitrogen functional groups attached to an aromatic ring is 1. The Hall–Kier alpha value is -1.62. The van der Waals surface area contributed by atoms with E-state index in [9.17, 15) is 9.90 Å². The minimum Gasteiger partial charge on any atom is -0.393 e. The predicted octanol–water partition coefficient (Wildman–Crippen LogP) is 1.53. The van der Waals surface area contributed by atoms with Gasteiger partial charge in [0.25, 0.3) is 5.91 Å². The topological polar surface area (TPSA) is 79.5 Å². The first-order valence-electron chi connectivity index (χ1n) is 7.19. The monoisotopic (exact) mass is 277 g/mol. The van der Waals surface area contributed by atoms with E-state index in [-0.39, 0.29) is 23.8 Å². The maximum absolute atomic E-state index is 12.3. The SMILES string of the molecule is CC(C)[C@H](O)C1CCN(C(=O)c2cccc(N)n2)CC1. The molecule has 5 nitrogen and oxygen atoms in total. The van der Waals surface area contributed by atoms with Gasteiger partial charge in [0.1, 0.15) is 11.5 Å². The van der Waals surface area contributed by atoms with E-state index in [0.717, 1.165) is 12.8 Å². The number of carbonyl (C=O) groups is 1. The molecule has 0 unspecified atom stereocenters.